The van der Waals surface area contributed by atoms with E-state index in [4.69, 9.17) is 9.47 Å². The standard InChI is InChI=1S/C34H34FO2.Pr/c1-22-17-31(20-32(35)25(22)4)27-10-8-26(9-11-27)21-37-34-23(2)18-30(19-24(34)3)28-12-14-29(15-13-28)33-7-5-6-16-36-33;/h6,8-15,17-20,33H,5,7,16,21H2,1-4H3;/q-1;. The molecule has 0 aromatic heterocycles. The van der Waals surface area contributed by atoms with Crippen LogP contribution >= 0.6 is 0 Å². The van der Waals surface area contributed by atoms with E-state index >= 15 is 0 Å². The van der Waals surface area contributed by atoms with E-state index in [0.717, 1.165) is 58.6 Å². The predicted octanol–water partition coefficient (Wildman–Crippen LogP) is 9.03. The third-order valence-electron chi connectivity index (χ3n) is 7.40. The van der Waals surface area contributed by atoms with E-state index in [-0.39, 0.29) is 53.2 Å². The molecular weight excluding hydrogens is 600 g/mol. The minimum Gasteiger partial charge on any atom is -0.488 e. The molecule has 0 N–H and O–H groups in total. The molecule has 38 heavy (non-hydrogen) atoms. The molecule has 1 radical (unpaired) electrons. The van der Waals surface area contributed by atoms with Gasteiger partial charge in [-0.1, -0.05) is 61.2 Å². The second-order valence-electron chi connectivity index (χ2n) is 10.1. The SMILES string of the molecule is Cc1cc(-c2ccc(COc3c(C)cc(-c4ccc(C5CC[CH-]CO5)cc4)cc3C)cc2)cc(F)c1C.[Pr]. The Morgan fingerprint density at radius 2 is 1.37 bits per heavy atom. The molecule has 1 unspecified atom stereocenters. The number of aryl methyl sites for hydroxylation is 3. The molecule has 0 spiro atoms. The summed E-state index contributed by atoms with van der Waals surface area (Å²) in [5, 5.41) is 0. The van der Waals surface area contributed by atoms with Gasteiger partial charge in [0.1, 0.15) is 18.2 Å². The molecule has 1 aliphatic rings. The van der Waals surface area contributed by atoms with Crippen molar-refractivity contribution in [2.45, 2.75) is 53.2 Å². The Kier molecular flexibility index (Phi) is 9.79. The molecule has 1 heterocycles. The molecular formula is C34H34FO2Pr-. The first kappa shape index (κ1) is 28.9. The van der Waals surface area contributed by atoms with Crippen LogP contribution in [-0.4, -0.2) is 6.61 Å². The van der Waals surface area contributed by atoms with Gasteiger partial charge in [0.15, 0.2) is 0 Å². The normalized spacial score (nSPS) is 15.1. The molecule has 0 saturated carbocycles. The first-order valence-electron chi connectivity index (χ1n) is 13.0. The van der Waals surface area contributed by atoms with Gasteiger partial charge in [0.05, 0.1) is 6.10 Å². The van der Waals surface area contributed by atoms with Crippen LogP contribution in [0.15, 0.2) is 72.8 Å². The average Bonchev–Trinajstić information content (AvgIpc) is 2.92. The van der Waals surface area contributed by atoms with Crippen molar-refractivity contribution in [2.24, 2.45) is 0 Å². The monoisotopic (exact) mass is 634 g/mol. The third kappa shape index (κ3) is 6.55. The quantitative estimate of drug-likeness (QED) is 0.197. The summed E-state index contributed by atoms with van der Waals surface area (Å²) in [7, 11) is 0. The molecule has 0 bridgehead atoms. The molecule has 1 atom stereocenters. The number of hydrogen-bond donors (Lipinski definition) is 0. The molecule has 193 valence electrons. The van der Waals surface area contributed by atoms with E-state index in [1.54, 1.807) is 6.07 Å². The van der Waals surface area contributed by atoms with Crippen LogP contribution in [0, 0.1) is 81.2 Å². The predicted molar refractivity (Wildman–Crippen MR) is 149 cm³/mol. The van der Waals surface area contributed by atoms with E-state index in [1.165, 1.54) is 16.7 Å². The van der Waals surface area contributed by atoms with Gasteiger partial charge in [0.2, 0.25) is 0 Å². The van der Waals surface area contributed by atoms with Gasteiger partial charge in [0.25, 0.3) is 0 Å². The van der Waals surface area contributed by atoms with Gasteiger partial charge in [0, 0.05) is 41.3 Å². The van der Waals surface area contributed by atoms with Crippen LogP contribution < -0.4 is 4.74 Å². The summed E-state index contributed by atoms with van der Waals surface area (Å²) in [4.78, 5) is 0. The zero-order valence-corrected chi connectivity index (χ0v) is 26.4. The summed E-state index contributed by atoms with van der Waals surface area (Å²) in [6.45, 7) is 9.18. The summed E-state index contributed by atoms with van der Waals surface area (Å²) >= 11 is 0. The van der Waals surface area contributed by atoms with Crippen LogP contribution in [0.5, 0.6) is 5.75 Å². The second kappa shape index (κ2) is 12.9. The number of benzene rings is 4. The van der Waals surface area contributed by atoms with Crippen LogP contribution in [0.3, 0.4) is 0 Å². The van der Waals surface area contributed by atoms with Crippen molar-refractivity contribution in [3.8, 4) is 28.0 Å². The largest absolute Gasteiger partial charge is 0.488 e. The van der Waals surface area contributed by atoms with Crippen molar-refractivity contribution in [3.05, 3.63) is 118 Å². The van der Waals surface area contributed by atoms with Crippen molar-refractivity contribution in [1.29, 1.82) is 0 Å². The van der Waals surface area contributed by atoms with Gasteiger partial charge < -0.3 is 15.9 Å². The third-order valence-corrected chi connectivity index (χ3v) is 7.40. The number of ether oxygens (including phenoxy) is 2. The molecule has 4 aromatic rings. The fourth-order valence-electron chi connectivity index (χ4n) is 5.05. The van der Waals surface area contributed by atoms with Gasteiger partial charge in [-0.15, -0.1) is 0 Å². The summed E-state index contributed by atoms with van der Waals surface area (Å²) in [5.41, 5.74) is 10.5. The van der Waals surface area contributed by atoms with Crippen LogP contribution in [0.2, 0.25) is 0 Å². The summed E-state index contributed by atoms with van der Waals surface area (Å²) in [6, 6.07) is 25.0. The number of halogens is 1. The molecule has 0 amide bonds. The van der Waals surface area contributed by atoms with Crippen molar-refractivity contribution < 1.29 is 55.2 Å². The zero-order chi connectivity index (χ0) is 25.9. The van der Waals surface area contributed by atoms with E-state index < -0.39 is 0 Å². The van der Waals surface area contributed by atoms with Crippen molar-refractivity contribution in [1.82, 2.24) is 0 Å². The van der Waals surface area contributed by atoms with Gasteiger partial charge in [-0.25, -0.2) is 4.39 Å². The Balaban J connectivity index is 0.00000336. The number of rotatable bonds is 6. The van der Waals surface area contributed by atoms with Crippen molar-refractivity contribution in [3.63, 3.8) is 0 Å². The Bertz CT molecular complexity index is 1340. The molecule has 4 heteroatoms. The Hall–Kier alpha value is -2.07. The van der Waals surface area contributed by atoms with E-state index in [9.17, 15) is 4.39 Å². The first-order chi connectivity index (χ1) is 17.9. The zero-order valence-electron chi connectivity index (χ0n) is 22.7. The van der Waals surface area contributed by atoms with Crippen LogP contribution in [0.4, 0.5) is 4.39 Å². The smallest absolute Gasteiger partial charge is 0.126 e. The maximum atomic E-state index is 14.2. The van der Waals surface area contributed by atoms with Gasteiger partial charge in [-0.3, -0.25) is 0 Å². The van der Waals surface area contributed by atoms with E-state index in [0.29, 0.717) is 12.2 Å². The molecule has 5 rings (SSSR count). The van der Waals surface area contributed by atoms with Crippen LogP contribution in [0.25, 0.3) is 22.3 Å². The molecule has 2 nitrogen and oxygen atoms in total. The fraction of sp³-hybridized carbons (Fsp3) is 0.265. The maximum absolute atomic E-state index is 14.2. The Labute approximate surface area is 259 Å². The average molecular weight is 635 g/mol. The van der Waals surface area contributed by atoms with Gasteiger partial charge in [-0.2, -0.15) is 6.42 Å². The first-order valence-corrected chi connectivity index (χ1v) is 13.0. The van der Waals surface area contributed by atoms with Gasteiger partial charge in [-0.05, 0) is 108 Å². The van der Waals surface area contributed by atoms with Crippen LogP contribution in [0.1, 0.15) is 52.3 Å². The van der Waals surface area contributed by atoms with Crippen molar-refractivity contribution in [2.75, 3.05) is 6.61 Å². The summed E-state index contributed by atoms with van der Waals surface area (Å²) in [5.74, 6) is 0.761. The van der Waals surface area contributed by atoms with Gasteiger partial charge >= 0.3 is 0 Å². The van der Waals surface area contributed by atoms with E-state index in [1.807, 2.05) is 32.0 Å². The molecule has 0 aliphatic carbocycles. The molecule has 1 aliphatic heterocycles. The Morgan fingerprint density at radius 3 is 1.95 bits per heavy atom. The summed E-state index contributed by atoms with van der Waals surface area (Å²) < 4.78 is 26.3. The minimum absolute atomic E-state index is 0. The minimum atomic E-state index is -0.162. The van der Waals surface area contributed by atoms with Crippen molar-refractivity contribution >= 4 is 0 Å². The fourth-order valence-corrected chi connectivity index (χ4v) is 5.05. The molecule has 4 aromatic carbocycles. The molecule has 1 saturated heterocycles. The van der Waals surface area contributed by atoms with E-state index in [2.05, 4.69) is 68.8 Å². The maximum Gasteiger partial charge on any atom is 0.126 e. The summed E-state index contributed by atoms with van der Waals surface area (Å²) in [6.07, 6.45) is 4.57. The Morgan fingerprint density at radius 1 is 0.789 bits per heavy atom. The molecule has 1 fully saturated rings. The number of hydrogen-bond acceptors (Lipinski definition) is 2. The second-order valence-corrected chi connectivity index (χ2v) is 10.1. The topological polar surface area (TPSA) is 18.5 Å². The van der Waals surface area contributed by atoms with Crippen LogP contribution in [-0.2, 0) is 11.3 Å².